The van der Waals surface area contributed by atoms with E-state index in [1.54, 1.807) is 12.1 Å². The lowest BCUT2D eigenvalue weighted by Crippen LogP contribution is -2.36. The maximum absolute atomic E-state index is 13.3. The Morgan fingerprint density at radius 2 is 1.73 bits per heavy atom. The first-order chi connectivity index (χ1) is 19.3. The molecule has 10 heteroatoms. The molecule has 1 fully saturated rings. The van der Waals surface area contributed by atoms with E-state index in [0.717, 1.165) is 36.6 Å². The van der Waals surface area contributed by atoms with E-state index in [2.05, 4.69) is 32.4 Å². The van der Waals surface area contributed by atoms with Crippen molar-refractivity contribution in [2.45, 2.75) is 11.3 Å². The second kappa shape index (κ2) is 12.2. The molecule has 2 aliphatic heterocycles. The second-order valence-corrected chi connectivity index (χ2v) is 11.9. The Balaban J connectivity index is 1.48. The van der Waals surface area contributed by atoms with Crippen LogP contribution in [0.25, 0.3) is 11.3 Å². The molecule has 0 aromatic heterocycles. The first-order valence-electron chi connectivity index (χ1n) is 13.4. The number of nitrogens with one attached hydrogen (secondary N) is 3. The third kappa shape index (κ3) is 6.37. The van der Waals surface area contributed by atoms with Crippen molar-refractivity contribution in [1.29, 1.82) is 0 Å². The fourth-order valence-corrected chi connectivity index (χ4v) is 5.95. The summed E-state index contributed by atoms with van der Waals surface area (Å²) in [4.78, 5) is 17.7. The van der Waals surface area contributed by atoms with Crippen LogP contribution in [0.3, 0.4) is 0 Å². The lowest BCUT2D eigenvalue weighted by atomic mass is 10.00. The van der Waals surface area contributed by atoms with Gasteiger partial charge in [-0.25, -0.2) is 13.1 Å². The Bertz CT molecular complexity index is 1480. The molecule has 210 valence electrons. The van der Waals surface area contributed by atoms with E-state index in [1.165, 1.54) is 6.07 Å². The van der Waals surface area contributed by atoms with Gasteiger partial charge in [0.1, 0.15) is 0 Å². The van der Waals surface area contributed by atoms with Crippen LogP contribution in [0.15, 0.2) is 77.7 Å². The molecular formula is C30H35N5O4S. The Kier molecular flexibility index (Phi) is 8.51. The van der Waals surface area contributed by atoms with Gasteiger partial charge >= 0.3 is 0 Å². The Hall–Kier alpha value is -3.70. The fraction of sp³-hybridized carbons (Fsp3) is 0.300. The number of fused-ring (bicyclic) bond motifs is 1. The minimum atomic E-state index is -3.75. The molecule has 1 saturated heterocycles. The standard InChI is InChI=1S/C30H35N5O4S/c1-34(2)16-6-15-31-40(37,38)25-13-14-27-26(21-25)28(30(36)33-27)29(22-7-4-3-5-8-22)32-23-9-11-24(12-10-23)35-17-19-39-20-18-35/h3-5,7-14,21,31-32H,6,15-20H2,1-2H3,(H,33,36)/b29-28-. The van der Waals surface area contributed by atoms with Gasteiger partial charge in [-0.1, -0.05) is 30.3 Å². The molecule has 0 saturated carbocycles. The molecule has 2 heterocycles. The monoisotopic (exact) mass is 561 g/mol. The van der Waals surface area contributed by atoms with Crippen LogP contribution in [0.2, 0.25) is 0 Å². The molecule has 2 aliphatic rings. The van der Waals surface area contributed by atoms with E-state index in [0.29, 0.717) is 48.7 Å². The van der Waals surface area contributed by atoms with Crippen molar-refractivity contribution >= 4 is 44.3 Å². The molecule has 40 heavy (non-hydrogen) atoms. The minimum Gasteiger partial charge on any atom is -0.378 e. The van der Waals surface area contributed by atoms with Crippen molar-refractivity contribution in [1.82, 2.24) is 9.62 Å². The Labute approximate surface area is 235 Å². The van der Waals surface area contributed by atoms with Gasteiger partial charge in [0.25, 0.3) is 5.91 Å². The SMILES string of the molecule is CN(C)CCCNS(=O)(=O)c1ccc2c(c1)/C(=C(/Nc1ccc(N3CCOCC3)cc1)c1ccccc1)C(=O)N2. The Morgan fingerprint density at radius 3 is 2.42 bits per heavy atom. The van der Waals surface area contributed by atoms with Gasteiger partial charge in [0.2, 0.25) is 10.0 Å². The summed E-state index contributed by atoms with van der Waals surface area (Å²) in [6.45, 7) is 4.22. The average Bonchev–Trinajstić information content (AvgIpc) is 3.30. The van der Waals surface area contributed by atoms with Crippen molar-refractivity contribution < 1.29 is 17.9 Å². The van der Waals surface area contributed by atoms with Crippen molar-refractivity contribution in [3.8, 4) is 0 Å². The van der Waals surface area contributed by atoms with Gasteiger partial charge in [-0.3, -0.25) is 4.79 Å². The van der Waals surface area contributed by atoms with Crippen molar-refractivity contribution in [3.63, 3.8) is 0 Å². The van der Waals surface area contributed by atoms with Gasteiger partial charge in [0.05, 0.1) is 29.4 Å². The molecule has 3 aromatic rings. The number of anilines is 3. The molecule has 9 nitrogen and oxygen atoms in total. The zero-order chi connectivity index (χ0) is 28.1. The van der Waals surface area contributed by atoms with Gasteiger partial charge in [0, 0.05) is 42.3 Å². The zero-order valence-corrected chi connectivity index (χ0v) is 23.6. The van der Waals surface area contributed by atoms with E-state index in [-0.39, 0.29) is 10.8 Å². The summed E-state index contributed by atoms with van der Waals surface area (Å²) in [7, 11) is 0.147. The highest BCUT2D eigenvalue weighted by Crippen LogP contribution is 2.39. The smallest absolute Gasteiger partial charge is 0.258 e. The predicted molar refractivity (Wildman–Crippen MR) is 160 cm³/mol. The molecule has 0 unspecified atom stereocenters. The maximum atomic E-state index is 13.3. The van der Waals surface area contributed by atoms with E-state index in [9.17, 15) is 13.2 Å². The van der Waals surface area contributed by atoms with Crippen molar-refractivity contribution in [2.75, 3.05) is 69.0 Å². The first-order valence-corrected chi connectivity index (χ1v) is 14.9. The van der Waals surface area contributed by atoms with Crippen LogP contribution in [0.4, 0.5) is 17.1 Å². The number of benzene rings is 3. The highest BCUT2D eigenvalue weighted by atomic mass is 32.2. The molecule has 0 atom stereocenters. The molecular weight excluding hydrogens is 526 g/mol. The van der Waals surface area contributed by atoms with Crippen LogP contribution in [0, 0.1) is 0 Å². The van der Waals surface area contributed by atoms with E-state index in [4.69, 9.17) is 4.74 Å². The summed E-state index contributed by atoms with van der Waals surface area (Å²) in [5, 5.41) is 6.36. The van der Waals surface area contributed by atoms with Crippen LogP contribution < -0.4 is 20.3 Å². The van der Waals surface area contributed by atoms with Crippen molar-refractivity contribution in [3.05, 3.63) is 83.9 Å². The van der Waals surface area contributed by atoms with Crippen LogP contribution >= 0.6 is 0 Å². The number of morpholine rings is 1. The van der Waals surface area contributed by atoms with Crippen LogP contribution in [-0.4, -0.2) is 72.7 Å². The number of amides is 1. The summed E-state index contributed by atoms with van der Waals surface area (Å²) >= 11 is 0. The van der Waals surface area contributed by atoms with E-state index < -0.39 is 10.0 Å². The van der Waals surface area contributed by atoms with Gasteiger partial charge in [-0.05, 0) is 75.1 Å². The maximum Gasteiger partial charge on any atom is 0.258 e. The third-order valence-corrected chi connectivity index (χ3v) is 8.40. The third-order valence-electron chi connectivity index (χ3n) is 6.95. The number of ether oxygens (including phenoxy) is 1. The number of hydrogen-bond donors (Lipinski definition) is 3. The van der Waals surface area contributed by atoms with Gasteiger partial charge in [-0.2, -0.15) is 0 Å². The number of nitrogens with zero attached hydrogens (tertiary/aromatic N) is 2. The fourth-order valence-electron chi connectivity index (χ4n) is 4.85. The van der Waals surface area contributed by atoms with Gasteiger partial charge < -0.3 is 25.2 Å². The van der Waals surface area contributed by atoms with E-state index >= 15 is 0 Å². The molecule has 3 aromatic carbocycles. The first kappa shape index (κ1) is 27.9. The molecule has 0 spiro atoms. The largest absolute Gasteiger partial charge is 0.378 e. The molecule has 5 rings (SSSR count). The lowest BCUT2D eigenvalue weighted by molar-refractivity contribution is -0.110. The zero-order valence-electron chi connectivity index (χ0n) is 22.8. The van der Waals surface area contributed by atoms with Crippen LogP contribution in [0.5, 0.6) is 0 Å². The second-order valence-electron chi connectivity index (χ2n) is 10.1. The van der Waals surface area contributed by atoms with Gasteiger partial charge in [-0.15, -0.1) is 0 Å². The summed E-state index contributed by atoms with van der Waals surface area (Å²) in [5.74, 6) is -0.292. The number of carbonyl (C=O) groups excluding carboxylic acids is 1. The summed E-state index contributed by atoms with van der Waals surface area (Å²) in [6.07, 6.45) is 0.689. The number of carbonyl (C=O) groups is 1. The van der Waals surface area contributed by atoms with Gasteiger partial charge in [0.15, 0.2) is 0 Å². The minimum absolute atomic E-state index is 0.118. The number of hydrogen-bond acceptors (Lipinski definition) is 7. The molecule has 1 amide bonds. The normalized spacial score (nSPS) is 16.6. The highest BCUT2D eigenvalue weighted by Gasteiger charge is 2.30. The quantitative estimate of drug-likeness (QED) is 0.256. The Morgan fingerprint density at radius 1 is 1.00 bits per heavy atom. The highest BCUT2D eigenvalue weighted by molar-refractivity contribution is 7.89. The predicted octanol–water partition coefficient (Wildman–Crippen LogP) is 3.69. The molecule has 0 aliphatic carbocycles. The topological polar surface area (TPSA) is 103 Å². The average molecular weight is 562 g/mol. The lowest BCUT2D eigenvalue weighted by Gasteiger charge is -2.29. The number of sulfonamides is 1. The van der Waals surface area contributed by atoms with Crippen LogP contribution in [0.1, 0.15) is 17.5 Å². The summed E-state index contributed by atoms with van der Waals surface area (Å²) < 4.78 is 34.3. The molecule has 0 bridgehead atoms. The summed E-state index contributed by atoms with van der Waals surface area (Å²) in [5.41, 5.74) is 4.85. The summed E-state index contributed by atoms with van der Waals surface area (Å²) in [6, 6.07) is 22.4. The molecule has 3 N–H and O–H groups in total. The van der Waals surface area contributed by atoms with E-state index in [1.807, 2.05) is 61.5 Å². The van der Waals surface area contributed by atoms with Crippen LogP contribution in [-0.2, 0) is 19.6 Å². The molecule has 0 radical (unpaired) electrons. The number of rotatable bonds is 10. The van der Waals surface area contributed by atoms with Crippen molar-refractivity contribution in [2.24, 2.45) is 0 Å².